The highest BCUT2D eigenvalue weighted by Gasteiger charge is 2.40. The van der Waals surface area contributed by atoms with Gasteiger partial charge in [-0.05, 0) is 32.0 Å². The van der Waals surface area contributed by atoms with Crippen molar-refractivity contribution < 1.29 is 19.4 Å². The van der Waals surface area contributed by atoms with E-state index < -0.39 is 18.2 Å². The first-order valence-electron chi connectivity index (χ1n) is 10.8. The Labute approximate surface area is 193 Å². The third kappa shape index (κ3) is 5.72. The molecule has 0 saturated carbocycles. The second-order valence-corrected chi connectivity index (χ2v) is 9.08. The first-order valence-corrected chi connectivity index (χ1v) is 11.6. The van der Waals surface area contributed by atoms with E-state index in [9.17, 15) is 14.7 Å². The number of hydrogen-bond acceptors (Lipinski definition) is 7. The molecule has 0 bridgehead atoms. The summed E-state index contributed by atoms with van der Waals surface area (Å²) in [6, 6.07) is 6.93. The van der Waals surface area contributed by atoms with Crippen LogP contribution in [-0.2, 0) is 20.9 Å². The smallest absolute Gasteiger partial charge is 0.243 e. The second kappa shape index (κ2) is 11.0. The second-order valence-electron chi connectivity index (χ2n) is 8.23. The highest BCUT2D eigenvalue weighted by Crippen LogP contribution is 2.27. The molecule has 3 atom stereocenters. The van der Waals surface area contributed by atoms with E-state index in [1.54, 1.807) is 18.4 Å². The van der Waals surface area contributed by atoms with Crippen LogP contribution in [0.3, 0.4) is 0 Å². The van der Waals surface area contributed by atoms with Crippen LogP contribution in [0.15, 0.2) is 29.8 Å². The van der Waals surface area contributed by atoms with Gasteiger partial charge in [0, 0.05) is 33.2 Å². The largest absolute Gasteiger partial charge is 0.391 e. The van der Waals surface area contributed by atoms with Gasteiger partial charge in [-0.25, -0.2) is 4.98 Å². The Bertz CT molecular complexity index is 917. The van der Waals surface area contributed by atoms with Gasteiger partial charge in [-0.15, -0.1) is 11.3 Å². The number of amides is 2. The highest BCUT2D eigenvalue weighted by molar-refractivity contribution is 7.13. The maximum absolute atomic E-state index is 13.0. The SMILES string of the molecule is COCCN(C)C(C)C(=O)N1CC(O)CC1C(=O)NCc1ccc(-c2scnc2C)cc1. The quantitative estimate of drug-likeness (QED) is 0.591. The predicted octanol–water partition coefficient (Wildman–Crippen LogP) is 1.66. The van der Waals surface area contributed by atoms with E-state index in [1.807, 2.05) is 55.6 Å². The van der Waals surface area contributed by atoms with Crippen molar-refractivity contribution in [2.24, 2.45) is 0 Å². The number of thiazole rings is 1. The fourth-order valence-corrected chi connectivity index (χ4v) is 4.63. The molecule has 3 unspecified atom stereocenters. The number of carbonyl (C=O) groups excluding carboxylic acids is 2. The molecule has 1 aromatic heterocycles. The number of benzene rings is 1. The lowest BCUT2D eigenvalue weighted by Gasteiger charge is -2.30. The lowest BCUT2D eigenvalue weighted by Crippen LogP contribution is -2.52. The van der Waals surface area contributed by atoms with Crippen LogP contribution in [0.4, 0.5) is 0 Å². The minimum Gasteiger partial charge on any atom is -0.391 e. The molecule has 3 rings (SSSR count). The van der Waals surface area contributed by atoms with Gasteiger partial charge < -0.3 is 20.1 Å². The van der Waals surface area contributed by atoms with Gasteiger partial charge in [-0.3, -0.25) is 14.5 Å². The molecule has 0 radical (unpaired) electrons. The van der Waals surface area contributed by atoms with Crippen molar-refractivity contribution in [1.82, 2.24) is 20.1 Å². The molecule has 32 heavy (non-hydrogen) atoms. The van der Waals surface area contributed by atoms with E-state index in [0.29, 0.717) is 19.7 Å². The van der Waals surface area contributed by atoms with Crippen LogP contribution in [0.2, 0.25) is 0 Å². The van der Waals surface area contributed by atoms with Crippen molar-refractivity contribution in [3.8, 4) is 10.4 Å². The number of aromatic nitrogens is 1. The summed E-state index contributed by atoms with van der Waals surface area (Å²) in [5.74, 6) is -0.409. The molecule has 8 nitrogen and oxygen atoms in total. The number of aliphatic hydroxyl groups excluding tert-OH is 1. The number of likely N-dealkylation sites (tertiary alicyclic amines) is 1. The molecule has 2 amide bonds. The van der Waals surface area contributed by atoms with Crippen molar-refractivity contribution in [3.05, 3.63) is 41.0 Å². The van der Waals surface area contributed by atoms with E-state index in [1.165, 1.54) is 4.90 Å². The van der Waals surface area contributed by atoms with E-state index in [4.69, 9.17) is 4.74 Å². The summed E-state index contributed by atoms with van der Waals surface area (Å²) in [6.45, 7) is 5.44. The number of nitrogens with zero attached hydrogens (tertiary/aromatic N) is 3. The van der Waals surface area contributed by atoms with Gasteiger partial charge in [-0.2, -0.15) is 0 Å². The predicted molar refractivity (Wildman–Crippen MR) is 124 cm³/mol. The summed E-state index contributed by atoms with van der Waals surface area (Å²) in [5, 5.41) is 13.1. The molecule has 1 aliphatic rings. The Balaban J connectivity index is 1.59. The number of nitrogens with one attached hydrogen (secondary N) is 1. The number of β-amino-alcohol motifs (C(OH)–C–C–N with tert-alkyl or cyclic N) is 1. The number of carbonyl (C=O) groups is 2. The van der Waals surface area contributed by atoms with Crippen molar-refractivity contribution in [3.63, 3.8) is 0 Å². The average molecular weight is 461 g/mol. The molecular weight excluding hydrogens is 428 g/mol. The van der Waals surface area contributed by atoms with Gasteiger partial charge >= 0.3 is 0 Å². The molecular formula is C23H32N4O4S. The lowest BCUT2D eigenvalue weighted by molar-refractivity contribution is -0.142. The van der Waals surface area contributed by atoms with Gasteiger partial charge in [0.1, 0.15) is 6.04 Å². The fourth-order valence-electron chi connectivity index (χ4n) is 3.82. The number of rotatable bonds is 9. The third-order valence-corrected chi connectivity index (χ3v) is 6.94. The Morgan fingerprint density at radius 3 is 2.72 bits per heavy atom. The van der Waals surface area contributed by atoms with Crippen LogP contribution in [0.25, 0.3) is 10.4 Å². The number of ether oxygens (including phenoxy) is 1. The summed E-state index contributed by atoms with van der Waals surface area (Å²) in [5.41, 5.74) is 4.90. The van der Waals surface area contributed by atoms with Gasteiger partial charge in [0.05, 0.1) is 34.8 Å². The average Bonchev–Trinajstić information content (AvgIpc) is 3.40. The molecule has 1 saturated heterocycles. The zero-order chi connectivity index (χ0) is 23.3. The van der Waals surface area contributed by atoms with Crippen LogP contribution in [0.1, 0.15) is 24.6 Å². The molecule has 0 spiro atoms. The number of likely N-dealkylation sites (N-methyl/N-ethyl adjacent to an activating group) is 1. The Hall–Kier alpha value is -2.33. The summed E-state index contributed by atoms with van der Waals surface area (Å²) < 4.78 is 5.08. The van der Waals surface area contributed by atoms with E-state index in [0.717, 1.165) is 21.7 Å². The molecule has 174 valence electrons. The van der Waals surface area contributed by atoms with Crippen molar-refractivity contribution in [1.29, 1.82) is 0 Å². The Kier molecular flexibility index (Phi) is 8.36. The van der Waals surface area contributed by atoms with Gasteiger partial charge in [0.15, 0.2) is 0 Å². The summed E-state index contributed by atoms with van der Waals surface area (Å²) in [7, 11) is 3.46. The zero-order valence-corrected chi connectivity index (χ0v) is 19.9. The van der Waals surface area contributed by atoms with Gasteiger partial charge in [-0.1, -0.05) is 24.3 Å². The summed E-state index contributed by atoms with van der Waals surface area (Å²) >= 11 is 1.60. The highest BCUT2D eigenvalue weighted by atomic mass is 32.1. The Morgan fingerprint density at radius 2 is 2.09 bits per heavy atom. The first kappa shape index (κ1) is 24.3. The van der Waals surface area contributed by atoms with E-state index >= 15 is 0 Å². The minimum absolute atomic E-state index is 0.162. The van der Waals surface area contributed by atoms with Crippen LogP contribution in [0, 0.1) is 6.92 Å². The lowest BCUT2D eigenvalue weighted by atomic mass is 10.1. The third-order valence-electron chi connectivity index (χ3n) is 5.96. The van der Waals surface area contributed by atoms with Crippen LogP contribution < -0.4 is 5.32 Å². The number of aryl methyl sites for hydroxylation is 1. The van der Waals surface area contributed by atoms with Crippen LogP contribution in [-0.4, -0.2) is 83.7 Å². The monoisotopic (exact) mass is 460 g/mol. The summed E-state index contributed by atoms with van der Waals surface area (Å²) in [6.07, 6.45) is -0.455. The van der Waals surface area contributed by atoms with Crippen molar-refractivity contribution in [2.45, 2.75) is 45.0 Å². The topological polar surface area (TPSA) is 95.0 Å². The Morgan fingerprint density at radius 1 is 1.38 bits per heavy atom. The number of aliphatic hydroxyl groups is 1. The first-order chi connectivity index (χ1) is 15.3. The van der Waals surface area contributed by atoms with Gasteiger partial charge in [0.25, 0.3) is 0 Å². The van der Waals surface area contributed by atoms with Gasteiger partial charge in [0.2, 0.25) is 11.8 Å². The molecule has 1 aliphatic heterocycles. The maximum Gasteiger partial charge on any atom is 0.243 e. The fraction of sp³-hybridized carbons (Fsp3) is 0.522. The van der Waals surface area contributed by atoms with E-state index in [2.05, 4.69) is 10.3 Å². The van der Waals surface area contributed by atoms with Crippen LogP contribution in [0.5, 0.6) is 0 Å². The molecule has 2 N–H and O–H groups in total. The standard InChI is InChI=1S/C23H32N4O4S/c1-15-21(32-14-25-15)18-7-5-17(6-8-18)12-24-22(29)20-11-19(28)13-27(20)23(30)16(2)26(3)9-10-31-4/h5-8,14,16,19-20,28H,9-13H2,1-4H3,(H,24,29). The maximum atomic E-state index is 13.0. The molecule has 2 heterocycles. The number of hydrogen-bond donors (Lipinski definition) is 2. The number of methoxy groups -OCH3 is 1. The zero-order valence-electron chi connectivity index (χ0n) is 19.1. The molecule has 1 fully saturated rings. The molecule has 1 aromatic carbocycles. The van der Waals surface area contributed by atoms with Crippen LogP contribution >= 0.6 is 11.3 Å². The van der Waals surface area contributed by atoms with Crippen molar-refractivity contribution in [2.75, 3.05) is 33.9 Å². The molecule has 2 aromatic rings. The normalized spacial score (nSPS) is 19.4. The molecule has 9 heteroatoms. The summed E-state index contributed by atoms with van der Waals surface area (Å²) in [4.78, 5) is 34.7. The van der Waals surface area contributed by atoms with E-state index in [-0.39, 0.29) is 24.8 Å². The minimum atomic E-state index is -0.701. The van der Waals surface area contributed by atoms with Crippen molar-refractivity contribution >= 4 is 23.2 Å². The molecule has 0 aliphatic carbocycles.